The third-order valence-electron chi connectivity index (χ3n) is 3.62. The fourth-order valence-electron chi connectivity index (χ4n) is 2.21. The van der Waals surface area contributed by atoms with Crippen molar-refractivity contribution in [3.63, 3.8) is 0 Å². The molecule has 5 nitrogen and oxygen atoms in total. The van der Waals surface area contributed by atoms with Crippen molar-refractivity contribution in [3.8, 4) is 0 Å². The molecule has 2 heterocycles. The molecule has 1 aromatic carbocycles. The maximum absolute atomic E-state index is 12.1. The number of hydrogen-bond donors (Lipinski definition) is 1. The van der Waals surface area contributed by atoms with Crippen LogP contribution in [0.25, 0.3) is 16.3 Å². The van der Waals surface area contributed by atoms with Crippen molar-refractivity contribution in [1.82, 2.24) is 14.8 Å². The molecule has 118 valence electrons. The largest absolute Gasteiger partial charge is 0.307 e. The lowest BCUT2D eigenvalue weighted by atomic mass is 10.3. The predicted octanol–water partition coefficient (Wildman–Crippen LogP) is 4.12. The van der Waals surface area contributed by atoms with Gasteiger partial charge in [-0.15, -0.1) is 11.3 Å². The summed E-state index contributed by atoms with van der Waals surface area (Å²) in [5.74, 6) is 0.521. The van der Waals surface area contributed by atoms with Crippen LogP contribution < -0.4 is 5.32 Å². The topological polar surface area (TPSA) is 59.8 Å². The number of thiazole rings is 1. The molecule has 23 heavy (non-hydrogen) atoms. The summed E-state index contributed by atoms with van der Waals surface area (Å²) in [6.07, 6.45) is 5.89. The Morgan fingerprint density at radius 1 is 1.39 bits per heavy atom. The Kier molecular flexibility index (Phi) is 4.52. The lowest BCUT2D eigenvalue weighted by Crippen LogP contribution is -2.15. The van der Waals surface area contributed by atoms with Gasteiger partial charge in [0.25, 0.3) is 0 Å². The second-order valence-corrected chi connectivity index (χ2v) is 6.32. The van der Waals surface area contributed by atoms with Gasteiger partial charge in [0, 0.05) is 12.1 Å². The summed E-state index contributed by atoms with van der Waals surface area (Å²) in [5.41, 5.74) is 0.951. The second-order valence-electron chi connectivity index (χ2n) is 5.26. The number of rotatable bonds is 5. The molecule has 0 spiro atoms. The molecule has 3 aromatic rings. The maximum Gasteiger partial charge on any atom is 0.249 e. The number of fused-ring (bicyclic) bond motifs is 1. The highest BCUT2D eigenvalue weighted by Crippen LogP contribution is 2.22. The minimum absolute atomic E-state index is 0.186. The van der Waals surface area contributed by atoms with Crippen molar-refractivity contribution in [2.24, 2.45) is 0 Å². The van der Waals surface area contributed by atoms with Gasteiger partial charge in [0.05, 0.1) is 22.5 Å². The monoisotopic (exact) mass is 326 g/mol. The molecular weight excluding hydrogens is 308 g/mol. The first kappa shape index (κ1) is 15.4. The van der Waals surface area contributed by atoms with Crippen molar-refractivity contribution in [3.05, 3.63) is 47.6 Å². The van der Waals surface area contributed by atoms with Crippen LogP contribution in [0.3, 0.4) is 0 Å². The summed E-state index contributed by atoms with van der Waals surface area (Å²) < 4.78 is 2.94. The number of nitrogens with zero attached hydrogens (tertiary/aromatic N) is 3. The van der Waals surface area contributed by atoms with E-state index < -0.39 is 0 Å². The van der Waals surface area contributed by atoms with E-state index in [1.165, 1.54) is 6.08 Å². The van der Waals surface area contributed by atoms with Gasteiger partial charge in [-0.05, 0) is 31.6 Å². The number of para-hydroxylation sites is 1. The van der Waals surface area contributed by atoms with Crippen molar-refractivity contribution in [2.75, 3.05) is 5.32 Å². The number of benzene rings is 1. The van der Waals surface area contributed by atoms with E-state index in [1.807, 2.05) is 28.9 Å². The zero-order chi connectivity index (χ0) is 16.2. The SMILES string of the molecule is CCC(C)n1nccc1NC(=O)C=Cc1nc2ccccc2s1. The molecule has 1 N–H and O–H groups in total. The molecule has 0 aliphatic heterocycles. The first-order chi connectivity index (χ1) is 11.2. The normalized spacial score (nSPS) is 12.8. The molecule has 0 fully saturated rings. The molecule has 0 saturated carbocycles. The standard InChI is InChI=1S/C17H18N4OS/c1-3-12(2)21-15(10-11-18-21)20-16(22)8-9-17-19-13-6-4-5-7-14(13)23-17/h4-12H,3H2,1-2H3,(H,20,22). The van der Waals surface area contributed by atoms with Crippen LogP contribution >= 0.6 is 11.3 Å². The van der Waals surface area contributed by atoms with Crippen LogP contribution in [0.15, 0.2) is 42.6 Å². The Morgan fingerprint density at radius 2 is 2.22 bits per heavy atom. The predicted molar refractivity (Wildman–Crippen MR) is 94.5 cm³/mol. The molecule has 0 aliphatic carbocycles. The zero-order valence-electron chi connectivity index (χ0n) is 13.1. The van der Waals surface area contributed by atoms with Gasteiger partial charge in [-0.2, -0.15) is 5.10 Å². The van der Waals surface area contributed by atoms with E-state index in [0.717, 1.165) is 21.6 Å². The molecule has 1 atom stereocenters. The Labute approximate surface area is 138 Å². The molecule has 6 heteroatoms. The van der Waals surface area contributed by atoms with Gasteiger partial charge in [-0.3, -0.25) is 4.79 Å². The molecule has 0 aliphatic rings. The highest BCUT2D eigenvalue weighted by molar-refractivity contribution is 7.19. The van der Waals surface area contributed by atoms with E-state index in [9.17, 15) is 4.79 Å². The molecule has 0 bridgehead atoms. The van der Waals surface area contributed by atoms with Crippen molar-refractivity contribution in [1.29, 1.82) is 0 Å². The van der Waals surface area contributed by atoms with Gasteiger partial charge in [0.1, 0.15) is 10.8 Å². The van der Waals surface area contributed by atoms with Crippen LogP contribution in [-0.4, -0.2) is 20.7 Å². The number of hydrogen-bond acceptors (Lipinski definition) is 4. The second kappa shape index (κ2) is 6.75. The Morgan fingerprint density at radius 3 is 3.00 bits per heavy atom. The highest BCUT2D eigenvalue weighted by atomic mass is 32.1. The summed E-state index contributed by atoms with van der Waals surface area (Å²) in [7, 11) is 0. The van der Waals surface area contributed by atoms with Gasteiger partial charge < -0.3 is 5.32 Å². The average molecular weight is 326 g/mol. The summed E-state index contributed by atoms with van der Waals surface area (Å²) in [5, 5.41) is 7.93. The summed E-state index contributed by atoms with van der Waals surface area (Å²) in [6, 6.07) is 9.97. The fraction of sp³-hybridized carbons (Fsp3) is 0.235. The van der Waals surface area contributed by atoms with Crippen LogP contribution in [-0.2, 0) is 4.79 Å². The molecule has 2 aromatic heterocycles. The van der Waals surface area contributed by atoms with Crippen LogP contribution in [0.2, 0.25) is 0 Å². The Hall–Kier alpha value is -2.47. The minimum Gasteiger partial charge on any atom is -0.307 e. The van der Waals surface area contributed by atoms with E-state index in [2.05, 4.69) is 29.2 Å². The molecule has 3 rings (SSSR count). The van der Waals surface area contributed by atoms with Crippen LogP contribution in [0.1, 0.15) is 31.3 Å². The van der Waals surface area contributed by atoms with Gasteiger partial charge in [-0.25, -0.2) is 9.67 Å². The van der Waals surface area contributed by atoms with Crippen molar-refractivity contribution in [2.45, 2.75) is 26.3 Å². The summed E-state index contributed by atoms with van der Waals surface area (Å²) in [4.78, 5) is 16.6. The first-order valence-electron chi connectivity index (χ1n) is 7.55. The Balaban J connectivity index is 1.70. The van der Waals surface area contributed by atoms with Crippen LogP contribution in [0.4, 0.5) is 5.82 Å². The number of aromatic nitrogens is 3. The molecular formula is C17H18N4OS. The van der Waals surface area contributed by atoms with Gasteiger partial charge >= 0.3 is 0 Å². The number of amides is 1. The summed E-state index contributed by atoms with van der Waals surface area (Å²) >= 11 is 1.56. The number of carbonyl (C=O) groups excluding carboxylic acids is 1. The third kappa shape index (κ3) is 3.48. The third-order valence-corrected chi connectivity index (χ3v) is 4.62. The van der Waals surface area contributed by atoms with Crippen LogP contribution in [0.5, 0.6) is 0 Å². The van der Waals surface area contributed by atoms with Gasteiger partial charge in [0.15, 0.2) is 0 Å². The fourth-order valence-corrected chi connectivity index (χ4v) is 3.08. The maximum atomic E-state index is 12.1. The number of nitrogens with one attached hydrogen (secondary N) is 1. The molecule has 1 unspecified atom stereocenters. The lowest BCUT2D eigenvalue weighted by Gasteiger charge is -2.13. The summed E-state index contributed by atoms with van der Waals surface area (Å²) in [6.45, 7) is 4.16. The van der Waals surface area contributed by atoms with E-state index >= 15 is 0 Å². The van der Waals surface area contributed by atoms with Gasteiger partial charge in [0.2, 0.25) is 5.91 Å². The number of anilines is 1. The number of carbonyl (C=O) groups is 1. The smallest absolute Gasteiger partial charge is 0.249 e. The molecule has 0 saturated heterocycles. The zero-order valence-corrected chi connectivity index (χ0v) is 13.9. The van der Waals surface area contributed by atoms with E-state index in [-0.39, 0.29) is 11.9 Å². The van der Waals surface area contributed by atoms with E-state index in [0.29, 0.717) is 5.82 Å². The average Bonchev–Trinajstić information content (AvgIpc) is 3.18. The minimum atomic E-state index is -0.186. The van der Waals surface area contributed by atoms with Gasteiger partial charge in [-0.1, -0.05) is 19.1 Å². The van der Waals surface area contributed by atoms with Crippen molar-refractivity contribution >= 4 is 39.4 Å². The Bertz CT molecular complexity index is 816. The lowest BCUT2D eigenvalue weighted by molar-refractivity contribution is -0.111. The van der Waals surface area contributed by atoms with E-state index in [1.54, 1.807) is 29.7 Å². The molecule has 0 radical (unpaired) electrons. The highest BCUT2D eigenvalue weighted by Gasteiger charge is 2.09. The molecule has 1 amide bonds. The quantitative estimate of drug-likeness (QED) is 0.718. The van der Waals surface area contributed by atoms with E-state index in [4.69, 9.17) is 0 Å². The van der Waals surface area contributed by atoms with Crippen LogP contribution in [0, 0.1) is 0 Å². The van der Waals surface area contributed by atoms with Crippen molar-refractivity contribution < 1.29 is 4.79 Å². The first-order valence-corrected chi connectivity index (χ1v) is 8.37.